The molecule has 0 aliphatic rings. The van der Waals surface area contributed by atoms with Crippen LogP contribution in [0.1, 0.15) is 45.1 Å². The summed E-state index contributed by atoms with van der Waals surface area (Å²) >= 11 is 0. The van der Waals surface area contributed by atoms with E-state index >= 15 is 0 Å². The van der Waals surface area contributed by atoms with Crippen LogP contribution in [0.4, 0.5) is 11.4 Å². The zero-order valence-electron chi connectivity index (χ0n) is 17.1. The van der Waals surface area contributed by atoms with E-state index in [1.807, 2.05) is 6.92 Å². The van der Waals surface area contributed by atoms with Crippen LogP contribution in [-0.4, -0.2) is 20.9 Å². The van der Waals surface area contributed by atoms with Crippen molar-refractivity contribution in [3.63, 3.8) is 0 Å². The molecule has 0 spiro atoms. The predicted molar refractivity (Wildman–Crippen MR) is 116 cm³/mol. The van der Waals surface area contributed by atoms with Crippen molar-refractivity contribution in [3.05, 3.63) is 48.0 Å². The van der Waals surface area contributed by atoms with Gasteiger partial charge in [0.05, 0.1) is 17.2 Å². The summed E-state index contributed by atoms with van der Waals surface area (Å²) < 4.78 is 33.5. The molecular weight excluding hydrogens is 390 g/mol. The first-order valence-corrected chi connectivity index (χ1v) is 11.2. The second-order valence-electron chi connectivity index (χ2n) is 6.82. The van der Waals surface area contributed by atoms with Crippen molar-refractivity contribution in [1.82, 2.24) is 5.43 Å². The van der Waals surface area contributed by atoms with Crippen molar-refractivity contribution < 1.29 is 17.9 Å². The maximum Gasteiger partial charge on any atom is 0.261 e. The number of nitrogens with one attached hydrogen (secondary N) is 3. The molecule has 0 fully saturated rings. The van der Waals surface area contributed by atoms with Gasteiger partial charge in [-0.05, 0) is 61.4 Å². The molecule has 7 nitrogen and oxygen atoms in total. The van der Waals surface area contributed by atoms with Gasteiger partial charge in [-0.2, -0.15) is 0 Å². The lowest BCUT2D eigenvalue weighted by Gasteiger charge is -2.13. The number of hydrogen-bond donors (Lipinski definition) is 3. The van der Waals surface area contributed by atoms with Gasteiger partial charge in [-0.25, -0.2) is 8.42 Å². The summed E-state index contributed by atoms with van der Waals surface area (Å²) in [6.45, 7) is 6.00. The first-order valence-electron chi connectivity index (χ1n) is 9.71. The number of hydrazine groups is 1. The Labute approximate surface area is 172 Å². The standard InChI is InChI=1S/C21H29N3O4S/c1-4-5-6-7-14-28-19-9-11-20(12-10-19)29(26,27)24-18-8-13-21(16(2)15-18)23-22-17(3)25/h8-13,15,23-24H,4-7,14H2,1-3H3,(H,22,25). The maximum atomic E-state index is 12.6. The summed E-state index contributed by atoms with van der Waals surface area (Å²) in [5.74, 6) is 0.437. The van der Waals surface area contributed by atoms with E-state index in [1.165, 1.54) is 31.9 Å². The van der Waals surface area contributed by atoms with Crippen LogP contribution in [0.5, 0.6) is 5.75 Å². The summed E-state index contributed by atoms with van der Waals surface area (Å²) in [7, 11) is -3.71. The molecular formula is C21H29N3O4S. The summed E-state index contributed by atoms with van der Waals surface area (Å²) in [4.78, 5) is 11.2. The van der Waals surface area contributed by atoms with Crippen LogP contribution in [0, 0.1) is 6.92 Å². The Bertz CT molecular complexity index is 912. The van der Waals surface area contributed by atoms with Gasteiger partial charge in [0.15, 0.2) is 0 Å². The molecule has 0 bridgehead atoms. The van der Waals surface area contributed by atoms with Crippen LogP contribution in [-0.2, 0) is 14.8 Å². The molecule has 2 rings (SSSR count). The van der Waals surface area contributed by atoms with Gasteiger partial charge in [-0.15, -0.1) is 0 Å². The van der Waals surface area contributed by atoms with E-state index in [2.05, 4.69) is 22.5 Å². The molecule has 0 saturated carbocycles. The summed E-state index contributed by atoms with van der Waals surface area (Å²) in [5, 5.41) is 0. The number of unbranched alkanes of at least 4 members (excludes halogenated alkanes) is 3. The average Bonchev–Trinajstić information content (AvgIpc) is 2.67. The topological polar surface area (TPSA) is 96.5 Å². The number of anilines is 2. The number of benzene rings is 2. The maximum absolute atomic E-state index is 12.6. The molecule has 0 unspecified atom stereocenters. The zero-order valence-corrected chi connectivity index (χ0v) is 17.9. The Kier molecular flexibility index (Phi) is 8.33. The van der Waals surface area contributed by atoms with E-state index < -0.39 is 10.0 Å². The second-order valence-corrected chi connectivity index (χ2v) is 8.50. The first kappa shape index (κ1) is 22.5. The van der Waals surface area contributed by atoms with Crippen LogP contribution in [0.25, 0.3) is 0 Å². The number of hydrogen-bond acceptors (Lipinski definition) is 5. The Morgan fingerprint density at radius 2 is 1.76 bits per heavy atom. The largest absolute Gasteiger partial charge is 0.494 e. The number of rotatable bonds is 11. The van der Waals surface area contributed by atoms with Gasteiger partial charge >= 0.3 is 0 Å². The van der Waals surface area contributed by atoms with Crippen molar-refractivity contribution in [1.29, 1.82) is 0 Å². The predicted octanol–water partition coefficient (Wildman–Crippen LogP) is 4.22. The van der Waals surface area contributed by atoms with Crippen LogP contribution in [0.15, 0.2) is 47.4 Å². The van der Waals surface area contributed by atoms with Crippen molar-refractivity contribution in [2.45, 2.75) is 51.3 Å². The van der Waals surface area contributed by atoms with Crippen LogP contribution >= 0.6 is 0 Å². The highest BCUT2D eigenvalue weighted by atomic mass is 32.2. The number of amides is 1. The van der Waals surface area contributed by atoms with Crippen molar-refractivity contribution in [3.8, 4) is 5.75 Å². The van der Waals surface area contributed by atoms with Crippen molar-refractivity contribution in [2.75, 3.05) is 16.8 Å². The average molecular weight is 420 g/mol. The lowest BCUT2D eigenvalue weighted by molar-refractivity contribution is -0.118. The zero-order chi connectivity index (χ0) is 21.3. The molecule has 158 valence electrons. The third-order valence-corrected chi connectivity index (χ3v) is 5.65. The van der Waals surface area contributed by atoms with Crippen LogP contribution in [0.2, 0.25) is 0 Å². The van der Waals surface area contributed by atoms with Gasteiger partial charge in [0.1, 0.15) is 5.75 Å². The van der Waals surface area contributed by atoms with Crippen LogP contribution in [0.3, 0.4) is 0 Å². The number of aryl methyl sites for hydroxylation is 1. The van der Waals surface area contributed by atoms with E-state index in [0.29, 0.717) is 23.7 Å². The van der Waals surface area contributed by atoms with Gasteiger partial charge in [-0.1, -0.05) is 26.2 Å². The van der Waals surface area contributed by atoms with E-state index in [-0.39, 0.29) is 10.8 Å². The molecule has 8 heteroatoms. The van der Waals surface area contributed by atoms with Gasteiger partial charge in [0.25, 0.3) is 10.0 Å². The highest BCUT2D eigenvalue weighted by molar-refractivity contribution is 7.92. The normalized spacial score (nSPS) is 11.0. The number of sulfonamides is 1. The molecule has 0 saturated heterocycles. The molecule has 0 aliphatic carbocycles. The highest BCUT2D eigenvalue weighted by Gasteiger charge is 2.15. The molecule has 29 heavy (non-hydrogen) atoms. The fraction of sp³-hybridized carbons (Fsp3) is 0.381. The van der Waals surface area contributed by atoms with Gasteiger partial charge in [0.2, 0.25) is 5.91 Å². The molecule has 0 aliphatic heterocycles. The SMILES string of the molecule is CCCCCCOc1ccc(S(=O)(=O)Nc2ccc(NNC(C)=O)c(C)c2)cc1. The van der Waals surface area contributed by atoms with E-state index in [1.54, 1.807) is 30.3 Å². The number of carbonyl (C=O) groups excluding carboxylic acids is 1. The fourth-order valence-corrected chi connectivity index (χ4v) is 3.72. The first-order chi connectivity index (χ1) is 13.8. The van der Waals surface area contributed by atoms with Crippen molar-refractivity contribution in [2.24, 2.45) is 0 Å². The molecule has 0 radical (unpaired) electrons. The summed E-state index contributed by atoms with van der Waals surface area (Å²) in [6.07, 6.45) is 4.48. The van der Waals surface area contributed by atoms with Crippen LogP contribution < -0.4 is 20.3 Å². The highest BCUT2D eigenvalue weighted by Crippen LogP contribution is 2.23. The number of ether oxygens (including phenoxy) is 1. The van der Waals surface area contributed by atoms with E-state index in [9.17, 15) is 13.2 Å². The Balaban J connectivity index is 1.98. The Morgan fingerprint density at radius 3 is 2.38 bits per heavy atom. The van der Waals surface area contributed by atoms with Crippen molar-refractivity contribution >= 4 is 27.3 Å². The molecule has 0 aromatic heterocycles. The Morgan fingerprint density at radius 1 is 1.03 bits per heavy atom. The molecule has 0 heterocycles. The lowest BCUT2D eigenvalue weighted by atomic mass is 10.2. The quantitative estimate of drug-likeness (QED) is 0.374. The molecule has 3 N–H and O–H groups in total. The fourth-order valence-electron chi connectivity index (χ4n) is 2.67. The molecule has 2 aromatic rings. The molecule has 2 aromatic carbocycles. The lowest BCUT2D eigenvalue weighted by Crippen LogP contribution is -2.26. The van der Waals surface area contributed by atoms with E-state index in [0.717, 1.165) is 18.4 Å². The van der Waals surface area contributed by atoms with Gasteiger partial charge in [0, 0.05) is 12.6 Å². The van der Waals surface area contributed by atoms with Gasteiger partial charge < -0.3 is 4.74 Å². The minimum atomic E-state index is -3.71. The summed E-state index contributed by atoms with van der Waals surface area (Å²) in [6, 6.07) is 11.4. The Hall–Kier alpha value is -2.74. The monoisotopic (exact) mass is 419 g/mol. The van der Waals surface area contributed by atoms with E-state index in [4.69, 9.17) is 4.74 Å². The minimum Gasteiger partial charge on any atom is -0.494 e. The second kappa shape index (κ2) is 10.7. The van der Waals surface area contributed by atoms with Gasteiger partial charge in [-0.3, -0.25) is 20.4 Å². The smallest absolute Gasteiger partial charge is 0.261 e. The minimum absolute atomic E-state index is 0.161. The molecule has 1 amide bonds. The molecule has 0 atom stereocenters. The summed E-state index contributed by atoms with van der Waals surface area (Å²) in [5.41, 5.74) is 7.17. The number of carbonyl (C=O) groups is 1. The third kappa shape index (κ3) is 7.30. The third-order valence-electron chi connectivity index (χ3n) is 4.25.